The summed E-state index contributed by atoms with van der Waals surface area (Å²) in [6.45, 7) is 2.06. The number of sulfonamides is 1. The van der Waals surface area contributed by atoms with Crippen molar-refractivity contribution in [3.05, 3.63) is 89.5 Å². The minimum Gasteiger partial charge on any atom is -0.467 e. The molecule has 1 fully saturated rings. The molecule has 1 heterocycles. The van der Waals surface area contributed by atoms with Gasteiger partial charge in [-0.3, -0.25) is 4.79 Å². The summed E-state index contributed by atoms with van der Waals surface area (Å²) >= 11 is 0. The summed E-state index contributed by atoms with van der Waals surface area (Å²) in [5.74, 6) is -1.24. The summed E-state index contributed by atoms with van der Waals surface area (Å²) in [5.41, 5.74) is 3.09. The SMILES string of the molecule is COC(=O)[C@H](Cc1ccc(NC(=O)Nc2ccc(C#N)cc2)cc1)NC(=O)[C@@H]1CCCN1S(=O)(=O)c1ccc(C)cc1. The lowest BCUT2D eigenvalue weighted by atomic mass is 10.0. The van der Waals surface area contributed by atoms with Crippen LogP contribution in [0.25, 0.3) is 0 Å². The summed E-state index contributed by atoms with van der Waals surface area (Å²) in [6, 6.07) is 19.1. The van der Waals surface area contributed by atoms with E-state index in [9.17, 15) is 22.8 Å². The van der Waals surface area contributed by atoms with Crippen LogP contribution < -0.4 is 16.0 Å². The molecule has 3 aromatic carbocycles. The van der Waals surface area contributed by atoms with Gasteiger partial charge in [0, 0.05) is 24.3 Å². The first-order chi connectivity index (χ1) is 20.1. The first-order valence-electron chi connectivity index (χ1n) is 13.2. The predicted octanol–water partition coefficient (Wildman–Crippen LogP) is 3.56. The number of carbonyl (C=O) groups is 3. The minimum atomic E-state index is -3.90. The number of nitrogens with zero attached hydrogens (tertiary/aromatic N) is 2. The molecule has 12 heteroatoms. The topological polar surface area (TPSA) is 158 Å². The first-order valence-corrected chi connectivity index (χ1v) is 14.7. The highest BCUT2D eigenvalue weighted by Crippen LogP contribution is 2.27. The van der Waals surface area contributed by atoms with Crippen molar-refractivity contribution in [2.45, 2.75) is 43.2 Å². The molecule has 0 saturated carbocycles. The van der Waals surface area contributed by atoms with Crippen LogP contribution in [0, 0.1) is 18.3 Å². The zero-order valence-electron chi connectivity index (χ0n) is 23.2. The summed E-state index contributed by atoms with van der Waals surface area (Å²) < 4.78 is 32.6. The molecule has 0 unspecified atom stereocenters. The van der Waals surface area contributed by atoms with E-state index in [1.54, 1.807) is 60.7 Å². The van der Waals surface area contributed by atoms with Gasteiger partial charge in [-0.1, -0.05) is 29.8 Å². The normalized spacial score (nSPS) is 15.7. The third kappa shape index (κ3) is 7.31. The van der Waals surface area contributed by atoms with Gasteiger partial charge in [0.15, 0.2) is 0 Å². The number of hydrogen-bond donors (Lipinski definition) is 3. The second kappa shape index (κ2) is 13.3. The standard InChI is InChI=1S/C30H31N5O6S/c1-20-5-15-25(16-6-20)42(39,40)35-17-3-4-27(35)28(36)34-26(29(37)41-2)18-21-7-11-23(12-8-21)32-30(38)33-24-13-9-22(19-31)10-14-24/h5-16,26-27H,3-4,17-18H2,1-2H3,(H,34,36)(H2,32,33,38)/t26-,27-/m0/s1. The molecule has 1 saturated heterocycles. The molecule has 0 bridgehead atoms. The van der Waals surface area contributed by atoms with Gasteiger partial charge in [0.25, 0.3) is 0 Å². The molecule has 0 radical (unpaired) electrons. The van der Waals surface area contributed by atoms with Crippen molar-refractivity contribution >= 4 is 39.3 Å². The minimum absolute atomic E-state index is 0.0908. The van der Waals surface area contributed by atoms with Crippen LogP contribution in [0.15, 0.2) is 77.7 Å². The van der Waals surface area contributed by atoms with Gasteiger partial charge in [-0.2, -0.15) is 9.57 Å². The van der Waals surface area contributed by atoms with Crippen LogP contribution >= 0.6 is 0 Å². The number of esters is 1. The molecule has 0 aromatic heterocycles. The van der Waals surface area contributed by atoms with Gasteiger partial charge in [0.05, 0.1) is 23.6 Å². The maximum atomic E-state index is 13.3. The van der Waals surface area contributed by atoms with Crippen LogP contribution in [-0.4, -0.2) is 56.4 Å². The molecule has 2 atom stereocenters. The number of carbonyl (C=O) groups excluding carboxylic acids is 3. The van der Waals surface area contributed by atoms with Gasteiger partial charge in [0.2, 0.25) is 15.9 Å². The van der Waals surface area contributed by atoms with Crippen LogP contribution in [-0.2, 0) is 30.8 Å². The molecule has 3 N–H and O–H groups in total. The molecule has 0 aliphatic carbocycles. The molecular weight excluding hydrogens is 558 g/mol. The lowest BCUT2D eigenvalue weighted by molar-refractivity contribution is -0.145. The van der Waals surface area contributed by atoms with Gasteiger partial charge >= 0.3 is 12.0 Å². The van der Waals surface area contributed by atoms with Crippen molar-refractivity contribution < 1.29 is 27.5 Å². The number of amides is 3. The number of nitrogens with one attached hydrogen (secondary N) is 3. The van der Waals surface area contributed by atoms with E-state index in [0.717, 1.165) is 5.56 Å². The third-order valence-electron chi connectivity index (χ3n) is 6.86. The lowest BCUT2D eigenvalue weighted by Gasteiger charge is -2.25. The Labute approximate surface area is 244 Å². The van der Waals surface area contributed by atoms with E-state index >= 15 is 0 Å². The van der Waals surface area contributed by atoms with Gasteiger partial charge in [-0.15, -0.1) is 0 Å². The average molecular weight is 590 g/mol. The molecule has 4 rings (SSSR count). The molecule has 3 amide bonds. The maximum Gasteiger partial charge on any atom is 0.328 e. The smallest absolute Gasteiger partial charge is 0.328 e. The number of rotatable bonds is 9. The van der Waals surface area contributed by atoms with Gasteiger partial charge in [0.1, 0.15) is 12.1 Å². The van der Waals surface area contributed by atoms with E-state index in [1.165, 1.54) is 23.5 Å². The largest absolute Gasteiger partial charge is 0.467 e. The van der Waals surface area contributed by atoms with Crippen molar-refractivity contribution in [1.29, 1.82) is 5.26 Å². The molecule has 0 spiro atoms. The Morgan fingerprint density at radius 3 is 2.14 bits per heavy atom. The third-order valence-corrected chi connectivity index (χ3v) is 8.78. The highest BCUT2D eigenvalue weighted by atomic mass is 32.2. The van der Waals surface area contributed by atoms with Crippen LogP contribution in [0.2, 0.25) is 0 Å². The quantitative estimate of drug-likeness (QED) is 0.322. The Morgan fingerprint density at radius 2 is 1.57 bits per heavy atom. The fourth-order valence-corrected chi connectivity index (χ4v) is 6.28. The summed E-state index contributed by atoms with van der Waals surface area (Å²) in [7, 11) is -2.69. The predicted molar refractivity (Wildman–Crippen MR) is 156 cm³/mol. The average Bonchev–Trinajstić information content (AvgIpc) is 3.49. The monoisotopic (exact) mass is 589 g/mol. The molecule has 3 aromatic rings. The Morgan fingerprint density at radius 1 is 0.976 bits per heavy atom. The molecular formula is C30H31N5O6S. The van der Waals surface area contributed by atoms with E-state index in [4.69, 9.17) is 10.00 Å². The Bertz CT molecular complexity index is 1580. The fourth-order valence-electron chi connectivity index (χ4n) is 4.62. The number of nitriles is 1. The Balaban J connectivity index is 1.39. The van der Waals surface area contributed by atoms with Crippen molar-refractivity contribution in [3.8, 4) is 6.07 Å². The second-order valence-electron chi connectivity index (χ2n) is 9.84. The number of urea groups is 1. The van der Waals surface area contributed by atoms with E-state index < -0.39 is 40.0 Å². The van der Waals surface area contributed by atoms with E-state index in [1.807, 2.05) is 13.0 Å². The Kier molecular flexibility index (Phi) is 9.57. The molecule has 42 heavy (non-hydrogen) atoms. The van der Waals surface area contributed by atoms with E-state index in [0.29, 0.717) is 35.3 Å². The second-order valence-corrected chi connectivity index (χ2v) is 11.7. The number of methoxy groups -OCH3 is 1. The number of anilines is 2. The van der Waals surface area contributed by atoms with Crippen molar-refractivity contribution in [2.75, 3.05) is 24.3 Å². The summed E-state index contributed by atoms with van der Waals surface area (Å²) in [6.07, 6.45) is 0.933. The van der Waals surface area contributed by atoms with E-state index in [-0.39, 0.29) is 17.9 Å². The molecule has 1 aliphatic heterocycles. The van der Waals surface area contributed by atoms with Crippen molar-refractivity contribution in [2.24, 2.45) is 0 Å². The first kappa shape index (κ1) is 30.2. The summed E-state index contributed by atoms with van der Waals surface area (Å²) in [5, 5.41) is 16.9. The number of aryl methyl sites for hydroxylation is 1. The number of benzene rings is 3. The van der Waals surface area contributed by atoms with Gasteiger partial charge in [-0.05, 0) is 73.9 Å². The Hall–Kier alpha value is -4.73. The van der Waals surface area contributed by atoms with Gasteiger partial charge < -0.3 is 20.7 Å². The van der Waals surface area contributed by atoms with Crippen LogP contribution in [0.3, 0.4) is 0 Å². The zero-order valence-corrected chi connectivity index (χ0v) is 24.0. The van der Waals surface area contributed by atoms with Gasteiger partial charge in [-0.25, -0.2) is 18.0 Å². The van der Waals surface area contributed by atoms with E-state index in [2.05, 4.69) is 16.0 Å². The zero-order chi connectivity index (χ0) is 30.3. The number of hydrogen-bond acceptors (Lipinski definition) is 7. The summed E-state index contributed by atoms with van der Waals surface area (Å²) in [4.78, 5) is 38.3. The van der Waals surface area contributed by atoms with Crippen molar-refractivity contribution in [1.82, 2.24) is 9.62 Å². The molecule has 11 nitrogen and oxygen atoms in total. The maximum absolute atomic E-state index is 13.3. The van der Waals surface area contributed by atoms with Crippen LogP contribution in [0.4, 0.5) is 16.2 Å². The molecule has 1 aliphatic rings. The van der Waals surface area contributed by atoms with Crippen LogP contribution in [0.5, 0.6) is 0 Å². The number of ether oxygens (including phenoxy) is 1. The lowest BCUT2D eigenvalue weighted by Crippen LogP contribution is -2.51. The van der Waals surface area contributed by atoms with Crippen LogP contribution in [0.1, 0.15) is 29.5 Å². The highest BCUT2D eigenvalue weighted by molar-refractivity contribution is 7.89. The highest BCUT2D eigenvalue weighted by Gasteiger charge is 2.40. The van der Waals surface area contributed by atoms with Crippen molar-refractivity contribution in [3.63, 3.8) is 0 Å². The molecule has 218 valence electrons. The fraction of sp³-hybridized carbons (Fsp3) is 0.267.